The zero-order valence-electron chi connectivity index (χ0n) is 12.2. The third-order valence-electron chi connectivity index (χ3n) is 3.99. The predicted octanol–water partition coefficient (Wildman–Crippen LogP) is 3.78. The summed E-state index contributed by atoms with van der Waals surface area (Å²) in [6, 6.07) is 6.08. The lowest BCUT2D eigenvalue weighted by Crippen LogP contribution is -2.43. The van der Waals surface area contributed by atoms with Gasteiger partial charge in [-0.05, 0) is 50.3 Å². The first-order valence-corrected chi connectivity index (χ1v) is 8.31. The second kappa shape index (κ2) is 7.11. The first kappa shape index (κ1) is 15.4. The van der Waals surface area contributed by atoms with Crippen LogP contribution >= 0.6 is 15.9 Å². The molecule has 1 atom stereocenters. The summed E-state index contributed by atoms with van der Waals surface area (Å²) in [5, 5.41) is 0.943. The molecule has 1 aromatic carbocycles. The van der Waals surface area contributed by atoms with Gasteiger partial charge >= 0.3 is 0 Å². The third-order valence-corrected chi connectivity index (χ3v) is 4.44. The highest BCUT2D eigenvalue weighted by Crippen LogP contribution is 2.25. The normalized spacial score (nSPS) is 18.9. The summed E-state index contributed by atoms with van der Waals surface area (Å²) >= 11 is 3.49. The lowest BCUT2D eigenvalue weighted by molar-refractivity contribution is 0.0609. The molecule has 0 aliphatic carbocycles. The Hall–Kier alpha value is -1.03. The van der Waals surface area contributed by atoms with Gasteiger partial charge in [-0.1, -0.05) is 22.0 Å². The Kier molecular flexibility index (Phi) is 5.46. The largest absolute Gasteiger partial charge is 0.496 e. The lowest BCUT2D eigenvalue weighted by Gasteiger charge is -2.35. The average Bonchev–Trinajstić information content (AvgIpc) is 2.48. The molecule has 0 bridgehead atoms. The molecule has 2 rings (SSSR count). The fraction of sp³-hybridized carbons (Fsp3) is 0.562. The summed E-state index contributed by atoms with van der Waals surface area (Å²) in [6.07, 6.45) is 4.46. The zero-order valence-corrected chi connectivity index (χ0v) is 13.8. The molecule has 110 valence electrons. The molecule has 20 heavy (non-hydrogen) atoms. The van der Waals surface area contributed by atoms with Gasteiger partial charge in [-0.25, -0.2) is 0 Å². The Morgan fingerprint density at radius 2 is 2.25 bits per heavy atom. The van der Waals surface area contributed by atoms with E-state index in [4.69, 9.17) is 4.74 Å². The summed E-state index contributed by atoms with van der Waals surface area (Å²) < 4.78 is 5.32. The topological polar surface area (TPSA) is 29.5 Å². The number of amides is 1. The molecule has 1 saturated heterocycles. The molecule has 4 heteroatoms. The predicted molar refractivity (Wildman–Crippen MR) is 84.8 cm³/mol. The van der Waals surface area contributed by atoms with Gasteiger partial charge in [-0.3, -0.25) is 4.79 Å². The summed E-state index contributed by atoms with van der Waals surface area (Å²) in [7, 11) is 1.64. The van der Waals surface area contributed by atoms with E-state index in [9.17, 15) is 4.79 Å². The first-order valence-electron chi connectivity index (χ1n) is 7.19. The van der Waals surface area contributed by atoms with Gasteiger partial charge in [0.15, 0.2) is 0 Å². The van der Waals surface area contributed by atoms with E-state index in [1.165, 1.54) is 6.42 Å². The number of carbonyl (C=O) groups is 1. The summed E-state index contributed by atoms with van der Waals surface area (Å²) in [5.41, 5.74) is 1.79. The number of hydrogen-bond donors (Lipinski definition) is 0. The van der Waals surface area contributed by atoms with Crippen LogP contribution < -0.4 is 4.74 Å². The molecule has 1 fully saturated rings. The van der Waals surface area contributed by atoms with Crippen molar-refractivity contribution in [3.05, 3.63) is 29.3 Å². The van der Waals surface area contributed by atoms with E-state index in [-0.39, 0.29) is 5.91 Å². The fourth-order valence-corrected chi connectivity index (χ4v) is 3.34. The number of piperidine rings is 1. The molecule has 0 aromatic heterocycles. The molecule has 0 radical (unpaired) electrons. The first-order chi connectivity index (χ1) is 9.67. The van der Waals surface area contributed by atoms with E-state index in [1.54, 1.807) is 7.11 Å². The zero-order chi connectivity index (χ0) is 14.5. The van der Waals surface area contributed by atoms with Gasteiger partial charge in [0.1, 0.15) is 5.75 Å². The Balaban J connectivity index is 2.20. The maximum absolute atomic E-state index is 12.7. The molecular formula is C16H22BrNO2. The van der Waals surface area contributed by atoms with E-state index in [1.807, 2.05) is 30.0 Å². The summed E-state index contributed by atoms with van der Waals surface area (Å²) in [5.74, 6) is 0.916. The highest BCUT2D eigenvalue weighted by atomic mass is 79.9. The molecule has 1 unspecified atom stereocenters. The number of likely N-dealkylation sites (tertiary alicyclic amines) is 1. The second-order valence-corrected chi connectivity index (χ2v) is 6.10. The molecule has 0 saturated carbocycles. The van der Waals surface area contributed by atoms with Crippen LogP contribution in [0.4, 0.5) is 0 Å². The monoisotopic (exact) mass is 339 g/mol. The van der Waals surface area contributed by atoms with E-state index in [2.05, 4.69) is 15.9 Å². The van der Waals surface area contributed by atoms with Crippen LogP contribution in [0.15, 0.2) is 18.2 Å². The van der Waals surface area contributed by atoms with Crippen LogP contribution in [0.3, 0.4) is 0 Å². The molecule has 1 aliphatic heterocycles. The number of aryl methyl sites for hydroxylation is 1. The van der Waals surface area contributed by atoms with Crippen molar-refractivity contribution in [1.82, 2.24) is 4.90 Å². The fourth-order valence-electron chi connectivity index (χ4n) is 2.81. The third kappa shape index (κ3) is 3.35. The van der Waals surface area contributed by atoms with Crippen molar-refractivity contribution >= 4 is 21.8 Å². The highest BCUT2D eigenvalue weighted by Gasteiger charge is 2.27. The van der Waals surface area contributed by atoms with Gasteiger partial charge in [-0.15, -0.1) is 0 Å². The molecule has 1 aliphatic rings. The average molecular weight is 340 g/mol. The standard InChI is InChI=1S/C16H22BrNO2/c1-12-6-7-13(11-15(12)20-2)16(19)18-10-4-3-5-14(18)8-9-17/h6-7,11,14H,3-5,8-10H2,1-2H3. The van der Waals surface area contributed by atoms with Crippen LogP contribution in [0.25, 0.3) is 0 Å². The van der Waals surface area contributed by atoms with Crippen LogP contribution in [0, 0.1) is 6.92 Å². The minimum atomic E-state index is 0.133. The number of nitrogens with zero attached hydrogens (tertiary/aromatic N) is 1. The van der Waals surface area contributed by atoms with E-state index in [0.29, 0.717) is 6.04 Å². The Labute approximate surface area is 129 Å². The quantitative estimate of drug-likeness (QED) is 0.781. The van der Waals surface area contributed by atoms with Crippen LogP contribution in [-0.2, 0) is 0 Å². The van der Waals surface area contributed by atoms with Gasteiger partial charge in [0.2, 0.25) is 0 Å². The van der Waals surface area contributed by atoms with Crippen LogP contribution in [0.5, 0.6) is 5.75 Å². The van der Waals surface area contributed by atoms with Gasteiger partial charge in [0.25, 0.3) is 5.91 Å². The Morgan fingerprint density at radius 3 is 2.95 bits per heavy atom. The summed E-state index contributed by atoms with van der Waals surface area (Å²) in [6.45, 7) is 2.86. The van der Waals surface area contributed by atoms with Crippen molar-refractivity contribution in [2.75, 3.05) is 19.0 Å². The summed E-state index contributed by atoms with van der Waals surface area (Å²) in [4.78, 5) is 14.8. The van der Waals surface area contributed by atoms with Crippen molar-refractivity contribution in [2.24, 2.45) is 0 Å². The van der Waals surface area contributed by atoms with Gasteiger partial charge < -0.3 is 9.64 Å². The number of halogens is 1. The number of hydrogen-bond acceptors (Lipinski definition) is 2. The van der Waals surface area contributed by atoms with Crippen molar-refractivity contribution < 1.29 is 9.53 Å². The van der Waals surface area contributed by atoms with Crippen molar-refractivity contribution in [3.63, 3.8) is 0 Å². The highest BCUT2D eigenvalue weighted by molar-refractivity contribution is 9.09. The van der Waals surface area contributed by atoms with E-state index in [0.717, 1.165) is 48.0 Å². The van der Waals surface area contributed by atoms with E-state index >= 15 is 0 Å². The second-order valence-electron chi connectivity index (χ2n) is 5.31. The molecular weight excluding hydrogens is 318 g/mol. The van der Waals surface area contributed by atoms with Crippen LogP contribution in [-0.4, -0.2) is 35.8 Å². The number of benzene rings is 1. The molecule has 1 aromatic rings. The maximum Gasteiger partial charge on any atom is 0.254 e. The van der Waals surface area contributed by atoms with Crippen molar-refractivity contribution in [3.8, 4) is 5.75 Å². The van der Waals surface area contributed by atoms with Gasteiger partial charge in [0.05, 0.1) is 7.11 Å². The molecule has 1 heterocycles. The molecule has 0 spiro atoms. The minimum Gasteiger partial charge on any atom is -0.496 e. The lowest BCUT2D eigenvalue weighted by atomic mass is 9.98. The molecule has 3 nitrogen and oxygen atoms in total. The molecule has 0 N–H and O–H groups in total. The van der Waals surface area contributed by atoms with E-state index < -0.39 is 0 Å². The Bertz CT molecular complexity index is 474. The van der Waals surface area contributed by atoms with Gasteiger partial charge in [0, 0.05) is 23.5 Å². The SMILES string of the molecule is COc1cc(C(=O)N2CCCCC2CCBr)ccc1C. The van der Waals surface area contributed by atoms with Crippen LogP contribution in [0.2, 0.25) is 0 Å². The van der Waals surface area contributed by atoms with Gasteiger partial charge in [-0.2, -0.15) is 0 Å². The maximum atomic E-state index is 12.7. The van der Waals surface area contributed by atoms with Crippen molar-refractivity contribution in [2.45, 2.75) is 38.6 Å². The number of carbonyl (C=O) groups excluding carboxylic acids is 1. The number of ether oxygens (including phenoxy) is 1. The number of methoxy groups -OCH3 is 1. The number of rotatable bonds is 4. The van der Waals surface area contributed by atoms with Crippen molar-refractivity contribution in [1.29, 1.82) is 0 Å². The number of alkyl halides is 1. The smallest absolute Gasteiger partial charge is 0.254 e. The van der Waals surface area contributed by atoms with Crippen LogP contribution in [0.1, 0.15) is 41.6 Å². The minimum absolute atomic E-state index is 0.133. The Morgan fingerprint density at radius 1 is 1.45 bits per heavy atom. The molecule has 1 amide bonds.